The molecule has 0 saturated carbocycles. The van der Waals surface area contributed by atoms with E-state index in [4.69, 9.17) is 5.73 Å². The van der Waals surface area contributed by atoms with E-state index in [1.807, 2.05) is 6.07 Å². The minimum absolute atomic E-state index is 0.427. The average Bonchev–Trinajstić information content (AvgIpc) is 2.92. The highest BCUT2D eigenvalue weighted by Gasteiger charge is 2.16. The fourth-order valence-electron chi connectivity index (χ4n) is 2.71. The summed E-state index contributed by atoms with van der Waals surface area (Å²) in [6, 6.07) is 6.22. The van der Waals surface area contributed by atoms with E-state index in [9.17, 15) is 0 Å². The number of anilines is 2. The molecule has 6 heteroatoms. The van der Waals surface area contributed by atoms with Gasteiger partial charge in [0.15, 0.2) is 11.5 Å². The Morgan fingerprint density at radius 1 is 1.20 bits per heavy atom. The van der Waals surface area contributed by atoms with Gasteiger partial charge in [-0.3, -0.25) is 0 Å². The second-order valence-corrected chi connectivity index (χ2v) is 4.90. The van der Waals surface area contributed by atoms with Gasteiger partial charge < -0.3 is 16.0 Å². The number of nitrogens with zero attached hydrogens (tertiary/aromatic N) is 3. The van der Waals surface area contributed by atoms with Crippen molar-refractivity contribution in [1.29, 1.82) is 0 Å². The van der Waals surface area contributed by atoms with Crippen molar-refractivity contribution >= 4 is 22.7 Å². The van der Waals surface area contributed by atoms with E-state index in [1.54, 1.807) is 0 Å². The Labute approximate surface area is 115 Å². The summed E-state index contributed by atoms with van der Waals surface area (Å²) in [5, 5.41) is 3.42. The van der Waals surface area contributed by atoms with Crippen molar-refractivity contribution in [2.24, 2.45) is 0 Å². The van der Waals surface area contributed by atoms with Crippen LogP contribution in [0.2, 0.25) is 0 Å². The number of imidazole rings is 1. The van der Waals surface area contributed by atoms with Crippen molar-refractivity contribution in [2.75, 3.05) is 17.6 Å². The Morgan fingerprint density at radius 2 is 2.15 bits per heavy atom. The van der Waals surface area contributed by atoms with Gasteiger partial charge in [-0.1, -0.05) is 12.1 Å². The molecule has 4 N–H and O–H groups in total. The molecule has 1 aromatic carbocycles. The molecule has 0 radical (unpaired) electrons. The molecule has 3 aromatic rings. The number of fused-ring (bicyclic) bond motifs is 2. The van der Waals surface area contributed by atoms with E-state index in [0.717, 1.165) is 30.8 Å². The first-order chi connectivity index (χ1) is 9.83. The van der Waals surface area contributed by atoms with Crippen LogP contribution in [0.5, 0.6) is 0 Å². The molecule has 6 nitrogen and oxygen atoms in total. The summed E-state index contributed by atoms with van der Waals surface area (Å²) in [5.74, 6) is 1.23. The van der Waals surface area contributed by atoms with E-state index >= 15 is 0 Å². The molecule has 0 bridgehead atoms. The quantitative estimate of drug-likeness (QED) is 0.626. The van der Waals surface area contributed by atoms with Crippen LogP contribution in [-0.4, -0.2) is 26.5 Å². The van der Waals surface area contributed by atoms with Crippen molar-refractivity contribution in [3.8, 4) is 11.4 Å². The van der Waals surface area contributed by atoms with Gasteiger partial charge in [-0.25, -0.2) is 15.0 Å². The van der Waals surface area contributed by atoms with Gasteiger partial charge >= 0.3 is 0 Å². The first-order valence-corrected chi connectivity index (χ1v) is 6.65. The Morgan fingerprint density at radius 3 is 3.05 bits per heavy atom. The Hall–Kier alpha value is -2.63. The van der Waals surface area contributed by atoms with E-state index < -0.39 is 0 Å². The van der Waals surface area contributed by atoms with Gasteiger partial charge in [0.25, 0.3) is 0 Å². The second-order valence-electron chi connectivity index (χ2n) is 4.90. The third kappa shape index (κ3) is 1.61. The number of nitrogens with one attached hydrogen (secondary N) is 2. The lowest BCUT2D eigenvalue weighted by molar-refractivity contribution is 0.831. The highest BCUT2D eigenvalue weighted by molar-refractivity contribution is 5.85. The third-order valence-electron chi connectivity index (χ3n) is 3.67. The molecule has 0 atom stereocenters. The normalized spacial score (nSPS) is 14.0. The van der Waals surface area contributed by atoms with Crippen LogP contribution in [0.3, 0.4) is 0 Å². The summed E-state index contributed by atoms with van der Waals surface area (Å²) in [6.45, 7) is 1.02. The van der Waals surface area contributed by atoms with Crippen LogP contribution >= 0.6 is 0 Å². The number of H-pyrrole nitrogens is 1. The van der Waals surface area contributed by atoms with E-state index in [1.165, 1.54) is 17.6 Å². The Bertz CT molecular complexity index is 791. The maximum atomic E-state index is 5.85. The van der Waals surface area contributed by atoms with Crippen LogP contribution in [0.25, 0.3) is 22.6 Å². The number of aromatic amines is 1. The van der Waals surface area contributed by atoms with E-state index in [2.05, 4.69) is 37.4 Å². The van der Waals surface area contributed by atoms with Gasteiger partial charge in [-0.15, -0.1) is 0 Å². The molecule has 0 amide bonds. The number of rotatable bonds is 1. The summed E-state index contributed by atoms with van der Waals surface area (Å²) < 4.78 is 0. The molecule has 20 heavy (non-hydrogen) atoms. The van der Waals surface area contributed by atoms with Crippen LogP contribution in [0.1, 0.15) is 12.0 Å². The van der Waals surface area contributed by atoms with Crippen LogP contribution in [0, 0.1) is 0 Å². The van der Waals surface area contributed by atoms with Crippen molar-refractivity contribution in [3.05, 3.63) is 30.1 Å². The number of hydrogen-bond acceptors (Lipinski definition) is 5. The molecule has 3 heterocycles. The van der Waals surface area contributed by atoms with E-state index in [0.29, 0.717) is 17.0 Å². The zero-order chi connectivity index (χ0) is 13.5. The summed E-state index contributed by atoms with van der Waals surface area (Å²) in [4.78, 5) is 15.9. The first-order valence-electron chi connectivity index (χ1n) is 6.65. The molecule has 0 saturated heterocycles. The van der Waals surface area contributed by atoms with Gasteiger partial charge in [0, 0.05) is 17.8 Å². The lowest BCUT2D eigenvalue weighted by atomic mass is 9.97. The lowest BCUT2D eigenvalue weighted by Gasteiger charge is -2.20. The predicted octanol–water partition coefficient (Wildman–Crippen LogP) is 1.96. The minimum Gasteiger partial charge on any atom is -0.385 e. The number of hydrogen-bond donors (Lipinski definition) is 3. The summed E-state index contributed by atoms with van der Waals surface area (Å²) in [5.41, 5.74) is 10.7. The fourth-order valence-corrected chi connectivity index (χ4v) is 2.71. The summed E-state index contributed by atoms with van der Waals surface area (Å²) in [6.07, 6.45) is 3.62. The van der Waals surface area contributed by atoms with Gasteiger partial charge in [-0.2, -0.15) is 0 Å². The first kappa shape index (κ1) is 11.2. The highest BCUT2D eigenvalue weighted by Crippen LogP contribution is 2.32. The number of nitrogen functional groups attached to an aromatic ring is 1. The zero-order valence-corrected chi connectivity index (χ0v) is 10.8. The smallest absolute Gasteiger partial charge is 0.183 e. The average molecular weight is 266 g/mol. The largest absolute Gasteiger partial charge is 0.385 e. The molecule has 0 fully saturated rings. The molecule has 0 unspecified atom stereocenters. The summed E-state index contributed by atoms with van der Waals surface area (Å²) in [7, 11) is 0. The third-order valence-corrected chi connectivity index (χ3v) is 3.67. The van der Waals surface area contributed by atoms with Crippen molar-refractivity contribution < 1.29 is 0 Å². The molecule has 0 spiro atoms. The van der Waals surface area contributed by atoms with Crippen LogP contribution in [0.15, 0.2) is 24.5 Å². The Kier molecular flexibility index (Phi) is 2.35. The van der Waals surface area contributed by atoms with Gasteiger partial charge in [-0.05, 0) is 24.5 Å². The molecule has 1 aliphatic heterocycles. The standard InChI is InChI=1S/C14H14N6/c15-12-11-14(18-7-17-12)20-13(19-11)9-3-1-5-10-8(9)4-2-6-16-10/h1,3,5,7,16H,2,4,6H2,(H3,15,17,18,19,20). The van der Waals surface area contributed by atoms with E-state index in [-0.39, 0.29) is 0 Å². The number of aromatic nitrogens is 4. The SMILES string of the molecule is Nc1ncnc2nc(-c3cccc4c3CCCN4)[nH]c12. The molecule has 2 aromatic heterocycles. The maximum absolute atomic E-state index is 5.85. The predicted molar refractivity (Wildman–Crippen MR) is 78.3 cm³/mol. The highest BCUT2D eigenvalue weighted by atomic mass is 15.0. The van der Waals surface area contributed by atoms with Crippen molar-refractivity contribution in [2.45, 2.75) is 12.8 Å². The van der Waals surface area contributed by atoms with Crippen molar-refractivity contribution in [1.82, 2.24) is 19.9 Å². The Balaban J connectivity index is 1.93. The zero-order valence-electron chi connectivity index (χ0n) is 10.8. The van der Waals surface area contributed by atoms with Crippen molar-refractivity contribution in [3.63, 3.8) is 0 Å². The molecule has 0 aliphatic carbocycles. The van der Waals surface area contributed by atoms with Gasteiger partial charge in [0.05, 0.1) is 0 Å². The van der Waals surface area contributed by atoms with Gasteiger partial charge in [0.1, 0.15) is 17.7 Å². The molecular weight excluding hydrogens is 252 g/mol. The molecule has 4 rings (SSSR count). The topological polar surface area (TPSA) is 92.5 Å². The lowest BCUT2D eigenvalue weighted by Crippen LogP contribution is -2.12. The fraction of sp³-hybridized carbons (Fsp3) is 0.214. The minimum atomic E-state index is 0.427. The molecule has 1 aliphatic rings. The maximum Gasteiger partial charge on any atom is 0.183 e. The van der Waals surface area contributed by atoms with Crippen LogP contribution in [0.4, 0.5) is 11.5 Å². The number of nitrogens with two attached hydrogens (primary N) is 1. The summed E-state index contributed by atoms with van der Waals surface area (Å²) >= 11 is 0. The molecular formula is C14H14N6. The monoisotopic (exact) mass is 266 g/mol. The van der Waals surface area contributed by atoms with Crippen LogP contribution < -0.4 is 11.1 Å². The van der Waals surface area contributed by atoms with Gasteiger partial charge in [0.2, 0.25) is 0 Å². The second kappa shape index (κ2) is 4.19. The van der Waals surface area contributed by atoms with Crippen LogP contribution in [-0.2, 0) is 6.42 Å². The number of benzene rings is 1. The molecule has 100 valence electrons.